The molecule has 0 aromatic heterocycles. The van der Waals surface area contributed by atoms with Crippen LogP contribution in [0.5, 0.6) is 0 Å². The van der Waals surface area contributed by atoms with E-state index in [4.69, 9.17) is 5.84 Å². The summed E-state index contributed by atoms with van der Waals surface area (Å²) in [6, 6.07) is 0.577. The molecule has 0 amide bonds. The molecule has 3 N–H and O–H groups in total. The molecule has 2 heteroatoms. The van der Waals surface area contributed by atoms with E-state index in [1.54, 1.807) is 0 Å². The number of hydrogen-bond donors (Lipinski definition) is 2. The SMILES string of the molecule is CCCCC(CC)CC(NN)C12CC3CC(CC(C3)C1)C2. The van der Waals surface area contributed by atoms with Crippen molar-refractivity contribution in [1.29, 1.82) is 0 Å². The highest BCUT2D eigenvalue weighted by atomic mass is 15.2. The topological polar surface area (TPSA) is 38.0 Å². The molecule has 0 aromatic carbocycles. The van der Waals surface area contributed by atoms with Crippen LogP contribution in [0.15, 0.2) is 0 Å². The molecule has 0 spiro atoms. The smallest absolute Gasteiger partial charge is 0.0269 e. The minimum atomic E-state index is 0.559. The van der Waals surface area contributed by atoms with Gasteiger partial charge in [-0.1, -0.05) is 39.5 Å². The summed E-state index contributed by atoms with van der Waals surface area (Å²) in [5.41, 5.74) is 3.86. The average molecular weight is 293 g/mol. The summed E-state index contributed by atoms with van der Waals surface area (Å²) in [6.45, 7) is 4.68. The van der Waals surface area contributed by atoms with Gasteiger partial charge in [0.05, 0.1) is 0 Å². The second-order valence-electron chi connectivity index (χ2n) is 8.65. The standard InChI is InChI=1S/C19H36N2/c1-3-5-6-14(4-2)10-18(21-20)19-11-15-7-16(12-19)9-17(8-15)13-19/h14-18,21H,3-13,20H2,1-2H3. The highest BCUT2D eigenvalue weighted by Gasteiger charge is 2.54. The number of rotatable bonds is 8. The molecule has 122 valence electrons. The molecule has 2 nitrogen and oxygen atoms in total. The molecule has 21 heavy (non-hydrogen) atoms. The lowest BCUT2D eigenvalue weighted by molar-refractivity contribution is -0.0780. The number of nitrogens with one attached hydrogen (secondary N) is 1. The molecule has 4 aliphatic carbocycles. The highest BCUT2D eigenvalue weighted by molar-refractivity contribution is 5.06. The normalized spacial score (nSPS) is 40.4. The van der Waals surface area contributed by atoms with Gasteiger partial charge in [-0.3, -0.25) is 11.3 Å². The van der Waals surface area contributed by atoms with Crippen LogP contribution < -0.4 is 11.3 Å². The molecular formula is C19H36N2. The first-order chi connectivity index (χ1) is 10.2. The summed E-state index contributed by atoms with van der Waals surface area (Å²) in [6.07, 6.45) is 15.8. The Morgan fingerprint density at radius 3 is 2.05 bits per heavy atom. The van der Waals surface area contributed by atoms with Gasteiger partial charge in [-0.2, -0.15) is 0 Å². The molecule has 0 radical (unpaired) electrons. The van der Waals surface area contributed by atoms with Crippen molar-refractivity contribution in [2.75, 3.05) is 0 Å². The number of hydrazine groups is 1. The van der Waals surface area contributed by atoms with Crippen molar-refractivity contribution in [3.8, 4) is 0 Å². The zero-order valence-corrected chi connectivity index (χ0v) is 14.2. The van der Waals surface area contributed by atoms with Crippen LogP contribution in [0.25, 0.3) is 0 Å². The zero-order valence-electron chi connectivity index (χ0n) is 14.2. The third-order valence-corrected chi connectivity index (χ3v) is 7.14. The fourth-order valence-electron chi connectivity index (χ4n) is 6.41. The maximum Gasteiger partial charge on any atom is 0.0269 e. The van der Waals surface area contributed by atoms with Gasteiger partial charge >= 0.3 is 0 Å². The van der Waals surface area contributed by atoms with Crippen LogP contribution in [-0.2, 0) is 0 Å². The third-order valence-electron chi connectivity index (χ3n) is 7.14. The molecule has 0 aliphatic heterocycles. The Morgan fingerprint density at radius 2 is 1.62 bits per heavy atom. The van der Waals surface area contributed by atoms with E-state index in [9.17, 15) is 0 Å². The molecule has 0 aromatic rings. The van der Waals surface area contributed by atoms with Crippen LogP contribution >= 0.6 is 0 Å². The summed E-state index contributed by atoms with van der Waals surface area (Å²) in [7, 11) is 0. The lowest BCUT2D eigenvalue weighted by atomic mass is 9.47. The maximum atomic E-state index is 6.08. The van der Waals surface area contributed by atoms with Crippen LogP contribution in [0.3, 0.4) is 0 Å². The molecule has 2 atom stereocenters. The summed E-state index contributed by atoms with van der Waals surface area (Å²) < 4.78 is 0. The second-order valence-corrected chi connectivity index (χ2v) is 8.65. The molecule has 4 rings (SSSR count). The Labute approximate surface area is 131 Å². The Balaban J connectivity index is 1.67. The highest BCUT2D eigenvalue weighted by Crippen LogP contribution is 2.61. The molecule has 4 bridgehead atoms. The molecule has 0 heterocycles. The van der Waals surface area contributed by atoms with E-state index in [1.165, 1.54) is 70.6 Å². The fourth-order valence-corrected chi connectivity index (χ4v) is 6.41. The maximum absolute atomic E-state index is 6.08. The van der Waals surface area contributed by atoms with Gasteiger partial charge < -0.3 is 0 Å². The van der Waals surface area contributed by atoms with Gasteiger partial charge in [-0.25, -0.2) is 0 Å². The van der Waals surface area contributed by atoms with E-state index in [2.05, 4.69) is 19.3 Å². The van der Waals surface area contributed by atoms with E-state index in [-0.39, 0.29) is 0 Å². The quantitative estimate of drug-likeness (QED) is 0.505. The molecule has 2 unspecified atom stereocenters. The Bertz CT molecular complexity index is 303. The summed E-state index contributed by atoms with van der Waals surface area (Å²) in [4.78, 5) is 0. The lowest BCUT2D eigenvalue weighted by Gasteiger charge is -2.59. The van der Waals surface area contributed by atoms with Gasteiger partial charge in [0, 0.05) is 6.04 Å². The summed E-state index contributed by atoms with van der Waals surface area (Å²) in [5.74, 6) is 10.0. The van der Waals surface area contributed by atoms with Crippen LogP contribution in [0.2, 0.25) is 0 Å². The van der Waals surface area contributed by atoms with Gasteiger partial charge in [0.2, 0.25) is 0 Å². The van der Waals surface area contributed by atoms with Crippen LogP contribution in [-0.4, -0.2) is 6.04 Å². The second kappa shape index (κ2) is 6.58. The molecule has 4 saturated carbocycles. The van der Waals surface area contributed by atoms with Gasteiger partial charge in [0.25, 0.3) is 0 Å². The first-order valence-corrected chi connectivity index (χ1v) is 9.65. The Kier molecular flexibility index (Phi) is 4.95. The van der Waals surface area contributed by atoms with Crippen molar-refractivity contribution in [2.24, 2.45) is 34.9 Å². The zero-order chi connectivity index (χ0) is 14.9. The van der Waals surface area contributed by atoms with Crippen molar-refractivity contribution >= 4 is 0 Å². The monoisotopic (exact) mass is 292 g/mol. The van der Waals surface area contributed by atoms with Crippen molar-refractivity contribution in [2.45, 2.75) is 90.5 Å². The van der Waals surface area contributed by atoms with Crippen molar-refractivity contribution in [1.82, 2.24) is 5.43 Å². The minimum Gasteiger partial charge on any atom is -0.271 e. The first-order valence-electron chi connectivity index (χ1n) is 9.65. The predicted octanol–water partition coefficient (Wildman–Crippen LogP) is 4.64. The number of hydrogen-bond acceptors (Lipinski definition) is 2. The minimum absolute atomic E-state index is 0.559. The van der Waals surface area contributed by atoms with E-state index in [1.807, 2.05) is 0 Å². The van der Waals surface area contributed by atoms with E-state index in [0.29, 0.717) is 11.5 Å². The lowest BCUT2D eigenvalue weighted by Crippen LogP contribution is -2.57. The van der Waals surface area contributed by atoms with Crippen LogP contribution in [0.1, 0.15) is 84.5 Å². The van der Waals surface area contributed by atoms with Crippen molar-refractivity contribution < 1.29 is 0 Å². The van der Waals surface area contributed by atoms with Crippen LogP contribution in [0.4, 0.5) is 0 Å². The molecule has 0 saturated heterocycles. The van der Waals surface area contributed by atoms with E-state index < -0.39 is 0 Å². The first kappa shape index (κ1) is 15.8. The van der Waals surface area contributed by atoms with Gasteiger partial charge in [-0.05, 0) is 74.0 Å². The fraction of sp³-hybridized carbons (Fsp3) is 1.00. The summed E-state index contributed by atoms with van der Waals surface area (Å²) in [5, 5.41) is 0. The molecular weight excluding hydrogens is 256 g/mol. The predicted molar refractivity (Wildman–Crippen MR) is 89.6 cm³/mol. The Hall–Kier alpha value is -0.0800. The van der Waals surface area contributed by atoms with Crippen molar-refractivity contribution in [3.05, 3.63) is 0 Å². The number of unbranched alkanes of at least 4 members (excludes halogenated alkanes) is 1. The van der Waals surface area contributed by atoms with Gasteiger partial charge in [-0.15, -0.1) is 0 Å². The van der Waals surface area contributed by atoms with E-state index >= 15 is 0 Å². The van der Waals surface area contributed by atoms with Crippen LogP contribution in [0, 0.1) is 29.1 Å². The third kappa shape index (κ3) is 3.17. The van der Waals surface area contributed by atoms with Gasteiger partial charge in [0.15, 0.2) is 0 Å². The largest absolute Gasteiger partial charge is 0.271 e. The summed E-state index contributed by atoms with van der Waals surface area (Å²) >= 11 is 0. The van der Waals surface area contributed by atoms with E-state index in [0.717, 1.165) is 23.7 Å². The average Bonchev–Trinajstić information content (AvgIpc) is 2.46. The Morgan fingerprint density at radius 1 is 1.05 bits per heavy atom. The van der Waals surface area contributed by atoms with Gasteiger partial charge in [0.1, 0.15) is 0 Å². The molecule has 4 aliphatic rings. The molecule has 4 fully saturated rings. The number of nitrogens with two attached hydrogens (primary N) is 1. The van der Waals surface area contributed by atoms with Crippen molar-refractivity contribution in [3.63, 3.8) is 0 Å².